The molecule has 41 valence electrons. The summed E-state index contributed by atoms with van der Waals surface area (Å²) >= 11 is 2.89. The highest BCUT2D eigenvalue weighted by Gasteiger charge is 1.90. The molecule has 0 N–H and O–H groups in total. The van der Waals surface area contributed by atoms with E-state index < -0.39 is 5.95 Å². The molecule has 1 aromatic heterocycles. The van der Waals surface area contributed by atoms with Crippen LogP contribution in [0.1, 0.15) is 0 Å². The summed E-state index contributed by atoms with van der Waals surface area (Å²) in [7, 11) is 0. The van der Waals surface area contributed by atoms with Crippen molar-refractivity contribution in [1.82, 2.24) is 9.97 Å². The standard InChI is InChI=1S/C4HBrFN2/c5-3-1-7-2-4(6)8-3/h2H. The van der Waals surface area contributed by atoms with Gasteiger partial charge in [-0.05, 0) is 15.9 Å². The van der Waals surface area contributed by atoms with Gasteiger partial charge in [-0.3, -0.25) is 0 Å². The average molecular weight is 176 g/mol. The monoisotopic (exact) mass is 175 g/mol. The Kier molecular flexibility index (Phi) is 1.53. The van der Waals surface area contributed by atoms with E-state index in [1.165, 1.54) is 0 Å². The number of hydrogen-bond acceptors (Lipinski definition) is 2. The first kappa shape index (κ1) is 5.62. The van der Waals surface area contributed by atoms with Gasteiger partial charge in [0, 0.05) is 0 Å². The lowest BCUT2D eigenvalue weighted by Crippen LogP contribution is -1.83. The van der Waals surface area contributed by atoms with E-state index in [-0.39, 0.29) is 4.60 Å². The third-order valence-electron chi connectivity index (χ3n) is 0.533. The highest BCUT2D eigenvalue weighted by atomic mass is 79.9. The van der Waals surface area contributed by atoms with Crippen molar-refractivity contribution < 1.29 is 4.39 Å². The summed E-state index contributed by atoms with van der Waals surface area (Å²) in [5, 5.41) is 0. The summed E-state index contributed by atoms with van der Waals surface area (Å²) in [4.78, 5) is 6.68. The molecule has 0 amide bonds. The van der Waals surface area contributed by atoms with Crippen LogP contribution in [0.5, 0.6) is 0 Å². The Morgan fingerprint density at radius 1 is 1.75 bits per heavy atom. The topological polar surface area (TPSA) is 25.8 Å². The van der Waals surface area contributed by atoms with Crippen LogP contribution in [-0.2, 0) is 0 Å². The van der Waals surface area contributed by atoms with Gasteiger partial charge in [-0.15, -0.1) is 0 Å². The Bertz CT molecular complexity index is 174. The normalized spacial score (nSPS) is 9.25. The van der Waals surface area contributed by atoms with Crippen molar-refractivity contribution in [3.63, 3.8) is 0 Å². The Morgan fingerprint density at radius 2 is 2.50 bits per heavy atom. The molecule has 0 saturated heterocycles. The Balaban J connectivity index is 3.08. The predicted molar refractivity (Wildman–Crippen MR) is 28.5 cm³/mol. The van der Waals surface area contributed by atoms with Crippen molar-refractivity contribution in [3.05, 3.63) is 22.9 Å². The fourth-order valence-corrected chi connectivity index (χ4v) is 0.558. The minimum absolute atomic E-state index is 0.289. The first-order valence-corrected chi connectivity index (χ1v) is 2.64. The van der Waals surface area contributed by atoms with Crippen molar-refractivity contribution in [1.29, 1.82) is 0 Å². The van der Waals surface area contributed by atoms with Gasteiger partial charge in [0.25, 0.3) is 0 Å². The van der Waals surface area contributed by atoms with Gasteiger partial charge >= 0.3 is 0 Å². The molecule has 0 aliphatic heterocycles. The maximum atomic E-state index is 11.9. The van der Waals surface area contributed by atoms with Crippen molar-refractivity contribution >= 4 is 15.9 Å². The highest BCUT2D eigenvalue weighted by Crippen LogP contribution is 2.00. The molecule has 1 rings (SSSR count). The average Bonchev–Trinajstić information content (AvgIpc) is 1.64. The SMILES string of the molecule is Fc1cn[c]c(Br)n1. The molecule has 0 aromatic carbocycles. The molecule has 8 heavy (non-hydrogen) atoms. The molecule has 0 unspecified atom stereocenters. The largest absolute Gasteiger partial charge is 0.247 e. The Morgan fingerprint density at radius 3 is 2.88 bits per heavy atom. The first-order valence-electron chi connectivity index (χ1n) is 1.85. The minimum atomic E-state index is -0.601. The third kappa shape index (κ3) is 1.23. The molecule has 0 aliphatic rings. The van der Waals surface area contributed by atoms with Crippen LogP contribution in [-0.4, -0.2) is 9.97 Å². The lowest BCUT2D eigenvalue weighted by molar-refractivity contribution is 0.573. The molecular weight excluding hydrogens is 175 g/mol. The van der Waals surface area contributed by atoms with Gasteiger partial charge in [-0.25, -0.2) is 9.97 Å². The van der Waals surface area contributed by atoms with E-state index in [1.54, 1.807) is 0 Å². The molecule has 0 bridgehead atoms. The number of rotatable bonds is 0. The summed E-state index contributed by atoms with van der Waals surface area (Å²) in [5.74, 6) is -0.601. The predicted octanol–water partition coefficient (Wildman–Crippen LogP) is 1.18. The summed E-state index contributed by atoms with van der Waals surface area (Å²) < 4.78 is 12.2. The molecular formula is C4HBrFN2. The van der Waals surface area contributed by atoms with Crippen molar-refractivity contribution in [3.8, 4) is 0 Å². The van der Waals surface area contributed by atoms with Crippen molar-refractivity contribution in [2.24, 2.45) is 0 Å². The molecule has 0 aliphatic carbocycles. The maximum absolute atomic E-state index is 11.9. The fourth-order valence-electron chi connectivity index (χ4n) is 0.286. The summed E-state index contributed by atoms with van der Waals surface area (Å²) in [6, 6.07) is 0. The Hall–Kier alpha value is -0.510. The van der Waals surface area contributed by atoms with Crippen LogP contribution < -0.4 is 0 Å². The molecule has 2 nitrogen and oxygen atoms in total. The van der Waals surface area contributed by atoms with Crippen LogP contribution in [0, 0.1) is 12.1 Å². The van der Waals surface area contributed by atoms with E-state index in [4.69, 9.17) is 0 Å². The molecule has 0 saturated carbocycles. The van der Waals surface area contributed by atoms with E-state index in [9.17, 15) is 4.39 Å². The van der Waals surface area contributed by atoms with Crippen LogP contribution >= 0.6 is 15.9 Å². The summed E-state index contributed by atoms with van der Waals surface area (Å²) in [6.45, 7) is 0. The van der Waals surface area contributed by atoms with E-state index in [1.807, 2.05) is 0 Å². The van der Waals surface area contributed by atoms with Gasteiger partial charge in [0.05, 0.1) is 6.20 Å². The maximum Gasteiger partial charge on any atom is 0.232 e. The molecule has 0 spiro atoms. The van der Waals surface area contributed by atoms with E-state index in [0.717, 1.165) is 6.20 Å². The minimum Gasteiger partial charge on any atom is -0.247 e. The second kappa shape index (κ2) is 2.17. The quantitative estimate of drug-likeness (QED) is 0.592. The van der Waals surface area contributed by atoms with Crippen LogP contribution in [0.3, 0.4) is 0 Å². The zero-order valence-electron chi connectivity index (χ0n) is 3.73. The molecule has 1 heterocycles. The van der Waals surface area contributed by atoms with Gasteiger partial charge in [0.2, 0.25) is 5.95 Å². The summed E-state index contributed by atoms with van der Waals surface area (Å²) in [6.07, 6.45) is 3.38. The zero-order valence-corrected chi connectivity index (χ0v) is 5.31. The summed E-state index contributed by atoms with van der Waals surface area (Å²) in [5.41, 5.74) is 0. The second-order valence-corrected chi connectivity index (χ2v) is 1.85. The van der Waals surface area contributed by atoms with E-state index in [0.29, 0.717) is 0 Å². The van der Waals surface area contributed by atoms with Crippen LogP contribution in [0.2, 0.25) is 0 Å². The lowest BCUT2D eigenvalue weighted by atomic mass is 10.7. The molecule has 1 radical (unpaired) electrons. The number of aromatic nitrogens is 2. The Labute approximate surface area is 53.9 Å². The lowest BCUT2D eigenvalue weighted by Gasteiger charge is -1.83. The second-order valence-electron chi connectivity index (χ2n) is 1.10. The third-order valence-corrected chi connectivity index (χ3v) is 0.887. The van der Waals surface area contributed by atoms with Crippen LogP contribution in [0.25, 0.3) is 0 Å². The fraction of sp³-hybridized carbons (Fsp3) is 0. The van der Waals surface area contributed by atoms with Gasteiger partial charge in [-0.1, -0.05) is 0 Å². The molecule has 0 fully saturated rings. The van der Waals surface area contributed by atoms with Crippen LogP contribution in [0.15, 0.2) is 10.8 Å². The first-order chi connectivity index (χ1) is 3.79. The van der Waals surface area contributed by atoms with Gasteiger partial charge < -0.3 is 0 Å². The van der Waals surface area contributed by atoms with Crippen LogP contribution in [0.4, 0.5) is 4.39 Å². The number of nitrogens with zero attached hydrogens (tertiary/aromatic N) is 2. The van der Waals surface area contributed by atoms with Gasteiger partial charge in [-0.2, -0.15) is 4.39 Å². The molecule has 4 heteroatoms. The zero-order chi connectivity index (χ0) is 5.98. The smallest absolute Gasteiger partial charge is 0.232 e. The van der Waals surface area contributed by atoms with Crippen molar-refractivity contribution in [2.75, 3.05) is 0 Å². The van der Waals surface area contributed by atoms with E-state index >= 15 is 0 Å². The number of halogens is 2. The van der Waals surface area contributed by atoms with Crippen molar-refractivity contribution in [2.45, 2.75) is 0 Å². The number of hydrogen-bond donors (Lipinski definition) is 0. The highest BCUT2D eigenvalue weighted by molar-refractivity contribution is 9.10. The van der Waals surface area contributed by atoms with Gasteiger partial charge in [0.1, 0.15) is 10.8 Å². The molecule has 1 aromatic rings. The van der Waals surface area contributed by atoms with Gasteiger partial charge in [0.15, 0.2) is 0 Å². The molecule has 0 atom stereocenters. The van der Waals surface area contributed by atoms with E-state index in [2.05, 4.69) is 32.1 Å².